The van der Waals surface area contributed by atoms with E-state index in [0.717, 1.165) is 12.8 Å². The molecule has 1 rings (SSSR count). The number of hydrogen-bond acceptors (Lipinski definition) is 6. The third-order valence-electron chi connectivity index (χ3n) is 3.76. The predicted molar refractivity (Wildman–Crippen MR) is 112 cm³/mol. The zero-order chi connectivity index (χ0) is 21.3. The van der Waals surface area contributed by atoms with E-state index in [-0.39, 0.29) is 6.61 Å². The molecule has 1 aromatic carbocycles. The molecule has 0 aromatic heterocycles. The predicted octanol–water partition coefficient (Wildman–Crippen LogP) is 4.69. The van der Waals surface area contributed by atoms with Crippen LogP contribution >= 0.6 is 0 Å². The minimum absolute atomic E-state index is 0.288. The van der Waals surface area contributed by atoms with Crippen LogP contribution in [0.2, 0.25) is 0 Å². The van der Waals surface area contributed by atoms with Gasteiger partial charge in [-0.25, -0.2) is 9.59 Å². The monoisotopic (exact) mass is 406 g/mol. The molecule has 160 valence electrons. The molecule has 0 bridgehead atoms. The molecule has 8 heteroatoms. The summed E-state index contributed by atoms with van der Waals surface area (Å²) in [6.07, 6.45) is 4.66. The van der Waals surface area contributed by atoms with Crippen LogP contribution in [0.1, 0.15) is 25.7 Å². The first-order valence-electron chi connectivity index (χ1n) is 9.47. The summed E-state index contributed by atoms with van der Waals surface area (Å²) in [5.41, 5.74) is 1.10. The van der Waals surface area contributed by atoms with Gasteiger partial charge >= 0.3 is 12.2 Å². The van der Waals surface area contributed by atoms with Crippen molar-refractivity contribution in [1.82, 2.24) is 0 Å². The second-order valence-electron chi connectivity index (χ2n) is 5.97. The first kappa shape index (κ1) is 23.9. The van der Waals surface area contributed by atoms with Crippen LogP contribution in [0.4, 0.5) is 21.0 Å². The van der Waals surface area contributed by atoms with Crippen molar-refractivity contribution in [3.8, 4) is 0 Å². The Labute approximate surface area is 172 Å². The number of carbonyl (C=O) groups is 2. The van der Waals surface area contributed by atoms with Crippen LogP contribution in [0.15, 0.2) is 49.9 Å². The minimum Gasteiger partial charge on any atom is -0.502 e. The molecule has 0 spiro atoms. The second kappa shape index (κ2) is 14.8. The fraction of sp³-hybridized carbons (Fsp3) is 0.429. The fourth-order valence-corrected chi connectivity index (χ4v) is 2.21. The van der Waals surface area contributed by atoms with Crippen LogP contribution in [0.3, 0.4) is 0 Å². The smallest absolute Gasteiger partial charge is 0.414 e. The van der Waals surface area contributed by atoms with Crippen LogP contribution in [0.25, 0.3) is 0 Å². The van der Waals surface area contributed by atoms with E-state index in [1.165, 1.54) is 17.4 Å². The third kappa shape index (κ3) is 10.7. The molecule has 0 fully saturated rings. The van der Waals surface area contributed by atoms with E-state index in [1.54, 1.807) is 31.3 Å². The maximum absolute atomic E-state index is 12.1. The number of ether oxygens (including phenoxy) is 4. The van der Waals surface area contributed by atoms with Gasteiger partial charge in [0.05, 0.1) is 39.0 Å². The van der Waals surface area contributed by atoms with Crippen LogP contribution in [-0.2, 0) is 18.9 Å². The summed E-state index contributed by atoms with van der Waals surface area (Å²) < 4.78 is 20.3. The maximum atomic E-state index is 12.1. The maximum Gasteiger partial charge on any atom is 0.414 e. The van der Waals surface area contributed by atoms with Crippen molar-refractivity contribution in [2.24, 2.45) is 0 Å². The zero-order valence-electron chi connectivity index (χ0n) is 16.9. The van der Waals surface area contributed by atoms with Gasteiger partial charge in [0.2, 0.25) is 0 Å². The van der Waals surface area contributed by atoms with Gasteiger partial charge in [0.1, 0.15) is 0 Å². The highest BCUT2D eigenvalue weighted by atomic mass is 16.6. The van der Waals surface area contributed by atoms with E-state index in [4.69, 9.17) is 18.9 Å². The molecule has 0 aliphatic heterocycles. The summed E-state index contributed by atoms with van der Waals surface area (Å²) in [4.78, 5) is 25.4. The number of nitrogens with one attached hydrogen (secondary N) is 1. The molecule has 1 aromatic rings. The molecule has 8 nitrogen and oxygen atoms in total. The van der Waals surface area contributed by atoms with E-state index in [0.29, 0.717) is 44.0 Å². The molecular weight excluding hydrogens is 376 g/mol. The topological polar surface area (TPSA) is 86.3 Å². The zero-order valence-corrected chi connectivity index (χ0v) is 16.9. The van der Waals surface area contributed by atoms with Gasteiger partial charge in [0.25, 0.3) is 0 Å². The number of hydrogen-bond donors (Lipinski definition) is 1. The van der Waals surface area contributed by atoms with Gasteiger partial charge in [0, 0.05) is 18.4 Å². The van der Waals surface area contributed by atoms with Gasteiger partial charge < -0.3 is 18.9 Å². The second-order valence-corrected chi connectivity index (χ2v) is 5.97. The quantitative estimate of drug-likeness (QED) is 0.356. The third-order valence-corrected chi connectivity index (χ3v) is 3.76. The highest BCUT2D eigenvalue weighted by molar-refractivity contribution is 5.90. The van der Waals surface area contributed by atoms with E-state index in [1.807, 2.05) is 0 Å². The first-order valence-corrected chi connectivity index (χ1v) is 9.47. The molecule has 29 heavy (non-hydrogen) atoms. The van der Waals surface area contributed by atoms with Crippen LogP contribution in [0, 0.1) is 0 Å². The standard InChI is InChI=1S/C21H30N2O6/c1-4-26-13-6-8-15-28-20(24)22-18-11-10-12-19(17-18)23(3)21(25)29-16-9-7-14-27-5-2/h4-5,10-12,17H,1-2,6-9,13-16H2,3H3,(H,22,24). The number of unbranched alkanes of at least 4 members (excludes halogenated alkanes) is 2. The van der Waals surface area contributed by atoms with Gasteiger partial charge in [-0.1, -0.05) is 19.2 Å². The molecule has 0 aliphatic carbocycles. The normalized spacial score (nSPS) is 9.83. The fourth-order valence-electron chi connectivity index (χ4n) is 2.21. The number of rotatable bonds is 14. The summed E-state index contributed by atoms with van der Waals surface area (Å²) in [5, 5.41) is 2.64. The minimum atomic E-state index is -0.557. The molecule has 0 unspecified atom stereocenters. The molecule has 0 atom stereocenters. The molecule has 0 saturated carbocycles. The Hall–Kier alpha value is -3.16. The molecule has 0 heterocycles. The Morgan fingerprint density at radius 3 is 2.17 bits per heavy atom. The van der Waals surface area contributed by atoms with Gasteiger partial charge in [-0.2, -0.15) is 0 Å². The molecule has 2 amide bonds. The lowest BCUT2D eigenvalue weighted by Gasteiger charge is -2.18. The first-order chi connectivity index (χ1) is 14.1. The highest BCUT2D eigenvalue weighted by Crippen LogP contribution is 2.19. The Morgan fingerprint density at radius 1 is 0.966 bits per heavy atom. The number of carbonyl (C=O) groups excluding carboxylic acids is 2. The van der Waals surface area contributed by atoms with Crippen LogP contribution in [0.5, 0.6) is 0 Å². The summed E-state index contributed by atoms with van der Waals surface area (Å²) >= 11 is 0. The SMILES string of the molecule is C=COCCCCOC(=O)Nc1cccc(N(C)C(=O)OCCCCOC=C)c1. The number of amides is 2. The Morgan fingerprint density at radius 2 is 1.55 bits per heavy atom. The summed E-state index contributed by atoms with van der Waals surface area (Å²) in [7, 11) is 1.60. The highest BCUT2D eigenvalue weighted by Gasteiger charge is 2.13. The summed E-state index contributed by atoms with van der Waals surface area (Å²) in [6.45, 7) is 8.59. The van der Waals surface area contributed by atoms with E-state index >= 15 is 0 Å². The Balaban J connectivity index is 2.38. The van der Waals surface area contributed by atoms with E-state index < -0.39 is 12.2 Å². The lowest BCUT2D eigenvalue weighted by molar-refractivity contribution is 0.148. The average molecular weight is 406 g/mol. The van der Waals surface area contributed by atoms with Crippen molar-refractivity contribution in [2.75, 3.05) is 43.7 Å². The molecule has 1 N–H and O–H groups in total. The molecule has 0 radical (unpaired) electrons. The summed E-state index contributed by atoms with van der Waals surface area (Å²) in [6, 6.07) is 6.85. The van der Waals surface area contributed by atoms with Crippen molar-refractivity contribution in [3.05, 3.63) is 49.9 Å². The lowest BCUT2D eigenvalue weighted by atomic mass is 10.2. The van der Waals surface area contributed by atoms with Crippen molar-refractivity contribution in [1.29, 1.82) is 0 Å². The van der Waals surface area contributed by atoms with Crippen molar-refractivity contribution in [2.45, 2.75) is 25.7 Å². The van der Waals surface area contributed by atoms with Crippen molar-refractivity contribution in [3.63, 3.8) is 0 Å². The molecule has 0 aliphatic rings. The summed E-state index contributed by atoms with van der Waals surface area (Å²) in [5.74, 6) is 0. The van der Waals surface area contributed by atoms with Gasteiger partial charge in [0.15, 0.2) is 0 Å². The largest absolute Gasteiger partial charge is 0.502 e. The van der Waals surface area contributed by atoms with Gasteiger partial charge in [-0.3, -0.25) is 10.2 Å². The van der Waals surface area contributed by atoms with Crippen LogP contribution < -0.4 is 10.2 Å². The van der Waals surface area contributed by atoms with E-state index in [2.05, 4.69) is 18.5 Å². The van der Waals surface area contributed by atoms with E-state index in [9.17, 15) is 9.59 Å². The van der Waals surface area contributed by atoms with Crippen LogP contribution in [-0.4, -0.2) is 45.7 Å². The van der Waals surface area contributed by atoms with Crippen molar-refractivity contribution < 1.29 is 28.5 Å². The number of anilines is 2. The Bertz CT molecular complexity index is 650. The lowest BCUT2D eigenvalue weighted by Crippen LogP contribution is -2.27. The molecule has 0 saturated heterocycles. The van der Waals surface area contributed by atoms with Crippen molar-refractivity contribution >= 4 is 23.6 Å². The Kier molecular flexibility index (Phi) is 12.2. The average Bonchev–Trinajstić information content (AvgIpc) is 2.72. The number of nitrogens with zero attached hydrogens (tertiary/aromatic N) is 1. The van der Waals surface area contributed by atoms with Gasteiger partial charge in [-0.05, 0) is 43.9 Å². The molecular formula is C21H30N2O6. The van der Waals surface area contributed by atoms with Gasteiger partial charge in [-0.15, -0.1) is 0 Å². The number of benzene rings is 1.